The number of benzene rings is 1. The molecule has 0 radical (unpaired) electrons. The van der Waals surface area contributed by atoms with Gasteiger partial charge in [0.25, 0.3) is 5.91 Å². The highest BCUT2D eigenvalue weighted by molar-refractivity contribution is 7.91. The highest BCUT2D eigenvalue weighted by atomic mass is 35.5. The molecule has 1 amide bonds. The van der Waals surface area contributed by atoms with Crippen LogP contribution < -0.4 is 10.1 Å². The minimum atomic E-state index is -3.05. The van der Waals surface area contributed by atoms with Crippen molar-refractivity contribution in [3.63, 3.8) is 0 Å². The Morgan fingerprint density at radius 3 is 2.80 bits per heavy atom. The number of nitriles is 1. The molecule has 7 nitrogen and oxygen atoms in total. The van der Waals surface area contributed by atoms with E-state index in [-0.39, 0.29) is 23.1 Å². The van der Waals surface area contributed by atoms with Crippen LogP contribution in [0.2, 0.25) is 5.02 Å². The van der Waals surface area contributed by atoms with Crippen molar-refractivity contribution in [2.24, 2.45) is 0 Å². The Labute approximate surface area is 151 Å². The number of methoxy groups -OCH3 is 1. The molecule has 1 aromatic carbocycles. The largest absolute Gasteiger partial charge is 0.495 e. The zero-order valence-electron chi connectivity index (χ0n) is 13.8. The van der Waals surface area contributed by atoms with Gasteiger partial charge in [0, 0.05) is 24.3 Å². The van der Waals surface area contributed by atoms with Crippen LogP contribution >= 0.6 is 11.6 Å². The van der Waals surface area contributed by atoms with Crippen LogP contribution in [-0.4, -0.2) is 50.9 Å². The molecular formula is C16H18ClN3O4S. The topological polar surface area (TPSA) is 99.5 Å². The van der Waals surface area contributed by atoms with Crippen LogP contribution in [0.5, 0.6) is 5.75 Å². The number of carbonyl (C=O) groups excluding carboxylic acids is 1. The van der Waals surface area contributed by atoms with Crippen LogP contribution in [0.1, 0.15) is 6.42 Å². The molecule has 25 heavy (non-hydrogen) atoms. The molecule has 0 aliphatic carbocycles. The zero-order chi connectivity index (χ0) is 18.6. The number of amides is 1. The van der Waals surface area contributed by atoms with Crippen molar-refractivity contribution in [3.05, 3.63) is 35.0 Å². The summed E-state index contributed by atoms with van der Waals surface area (Å²) in [5.74, 6) is -0.0902. The molecule has 1 aliphatic heterocycles. The van der Waals surface area contributed by atoms with Gasteiger partial charge in [0.15, 0.2) is 9.84 Å². The van der Waals surface area contributed by atoms with E-state index in [1.54, 1.807) is 24.1 Å². The minimum absolute atomic E-state index is 0.0163. The van der Waals surface area contributed by atoms with E-state index in [4.69, 9.17) is 16.3 Å². The van der Waals surface area contributed by atoms with E-state index in [9.17, 15) is 18.5 Å². The smallest absolute Gasteiger partial charge is 0.267 e. The fraction of sp³-hybridized carbons (Fsp3) is 0.375. The van der Waals surface area contributed by atoms with E-state index in [0.29, 0.717) is 22.9 Å². The van der Waals surface area contributed by atoms with E-state index in [0.717, 1.165) is 0 Å². The summed E-state index contributed by atoms with van der Waals surface area (Å²) in [7, 11) is 0.0504. The number of hydrogen-bond donors (Lipinski definition) is 1. The number of ether oxygens (including phenoxy) is 1. The molecule has 0 bridgehead atoms. The summed E-state index contributed by atoms with van der Waals surface area (Å²) in [6.07, 6.45) is 1.83. The lowest BCUT2D eigenvalue weighted by Crippen LogP contribution is -2.29. The van der Waals surface area contributed by atoms with Gasteiger partial charge in [-0.1, -0.05) is 11.6 Å². The molecule has 0 saturated carbocycles. The minimum Gasteiger partial charge on any atom is -0.495 e. The van der Waals surface area contributed by atoms with Gasteiger partial charge in [-0.2, -0.15) is 5.26 Å². The van der Waals surface area contributed by atoms with Crippen molar-refractivity contribution < 1.29 is 17.9 Å². The van der Waals surface area contributed by atoms with Gasteiger partial charge in [-0.15, -0.1) is 0 Å². The van der Waals surface area contributed by atoms with Gasteiger partial charge in [0.05, 0.1) is 24.3 Å². The van der Waals surface area contributed by atoms with E-state index in [2.05, 4.69) is 5.32 Å². The van der Waals surface area contributed by atoms with Crippen LogP contribution in [0.4, 0.5) is 5.69 Å². The van der Waals surface area contributed by atoms with E-state index in [1.165, 1.54) is 19.4 Å². The van der Waals surface area contributed by atoms with Gasteiger partial charge in [0.1, 0.15) is 17.4 Å². The molecule has 1 atom stereocenters. The van der Waals surface area contributed by atoms with Crippen LogP contribution in [-0.2, 0) is 14.6 Å². The van der Waals surface area contributed by atoms with E-state index < -0.39 is 15.7 Å². The fourth-order valence-electron chi connectivity index (χ4n) is 2.51. The average molecular weight is 384 g/mol. The summed E-state index contributed by atoms with van der Waals surface area (Å²) in [5.41, 5.74) is 0.195. The highest BCUT2D eigenvalue weighted by Crippen LogP contribution is 2.28. The molecule has 134 valence electrons. The lowest BCUT2D eigenvalue weighted by molar-refractivity contribution is -0.112. The standard InChI is InChI=1S/C16H18ClN3O4S/c1-20(13-5-6-25(22,23)10-13)9-11(8-18)16(21)19-14-7-12(17)3-4-15(14)24-2/h3-4,7,9,13H,5-6,10H2,1-2H3,(H,19,21)/b11-9-. The van der Waals surface area contributed by atoms with Crippen molar-refractivity contribution in [2.75, 3.05) is 31.0 Å². The predicted octanol–water partition coefficient (Wildman–Crippen LogP) is 1.81. The van der Waals surface area contributed by atoms with Crippen molar-refractivity contribution in [2.45, 2.75) is 12.5 Å². The van der Waals surface area contributed by atoms with Gasteiger partial charge < -0.3 is 15.0 Å². The first-order valence-corrected chi connectivity index (χ1v) is 9.65. The Morgan fingerprint density at radius 1 is 1.52 bits per heavy atom. The fourth-order valence-corrected chi connectivity index (χ4v) is 4.47. The molecule has 1 N–H and O–H groups in total. The van der Waals surface area contributed by atoms with Gasteiger partial charge in [-0.05, 0) is 24.6 Å². The second-order valence-corrected chi connectivity index (χ2v) is 8.34. The lowest BCUT2D eigenvalue weighted by atomic mass is 10.2. The molecule has 1 fully saturated rings. The Morgan fingerprint density at radius 2 is 2.24 bits per heavy atom. The van der Waals surface area contributed by atoms with Gasteiger partial charge in [0.2, 0.25) is 0 Å². The Balaban J connectivity index is 2.16. The number of nitrogens with one attached hydrogen (secondary N) is 1. The van der Waals surface area contributed by atoms with Crippen molar-refractivity contribution in [1.29, 1.82) is 5.26 Å². The molecule has 0 aromatic heterocycles. The van der Waals surface area contributed by atoms with Crippen LogP contribution in [0.15, 0.2) is 30.0 Å². The normalized spacial score (nSPS) is 19.1. The first-order chi connectivity index (χ1) is 11.8. The molecule has 1 saturated heterocycles. The molecule has 1 heterocycles. The van der Waals surface area contributed by atoms with Crippen molar-refractivity contribution in [3.8, 4) is 11.8 Å². The van der Waals surface area contributed by atoms with Crippen LogP contribution in [0, 0.1) is 11.3 Å². The Bertz CT molecular complexity index is 845. The quantitative estimate of drug-likeness (QED) is 0.615. The Kier molecular flexibility index (Phi) is 5.93. The van der Waals surface area contributed by atoms with Gasteiger partial charge >= 0.3 is 0 Å². The maximum Gasteiger partial charge on any atom is 0.267 e. The third kappa shape index (κ3) is 4.87. The first kappa shape index (κ1) is 19.1. The average Bonchev–Trinajstić information content (AvgIpc) is 2.92. The van der Waals surface area contributed by atoms with Crippen molar-refractivity contribution >= 4 is 33.0 Å². The van der Waals surface area contributed by atoms with Crippen LogP contribution in [0.3, 0.4) is 0 Å². The second kappa shape index (κ2) is 7.76. The number of sulfone groups is 1. The summed E-state index contributed by atoms with van der Waals surface area (Å²) in [5, 5.41) is 12.3. The third-order valence-electron chi connectivity index (χ3n) is 3.89. The summed E-state index contributed by atoms with van der Waals surface area (Å²) < 4.78 is 28.3. The molecule has 0 spiro atoms. The maximum atomic E-state index is 12.4. The second-order valence-electron chi connectivity index (χ2n) is 5.68. The van der Waals surface area contributed by atoms with E-state index in [1.807, 2.05) is 6.07 Å². The third-order valence-corrected chi connectivity index (χ3v) is 5.88. The van der Waals surface area contributed by atoms with Gasteiger partial charge in [-0.25, -0.2) is 8.42 Å². The monoisotopic (exact) mass is 383 g/mol. The van der Waals surface area contributed by atoms with Gasteiger partial charge in [-0.3, -0.25) is 4.79 Å². The zero-order valence-corrected chi connectivity index (χ0v) is 15.4. The lowest BCUT2D eigenvalue weighted by Gasteiger charge is -2.21. The molecule has 1 unspecified atom stereocenters. The summed E-state index contributed by atoms with van der Waals surface area (Å²) in [4.78, 5) is 14.0. The summed E-state index contributed by atoms with van der Waals surface area (Å²) in [6, 6.07) is 6.32. The SMILES string of the molecule is COc1ccc(Cl)cc1NC(=O)/C(C#N)=C\N(C)C1CCS(=O)(=O)C1. The number of hydrogen-bond acceptors (Lipinski definition) is 6. The maximum absolute atomic E-state index is 12.4. The molecule has 1 aliphatic rings. The molecular weight excluding hydrogens is 366 g/mol. The summed E-state index contributed by atoms with van der Waals surface area (Å²) in [6.45, 7) is 0. The number of carbonyl (C=O) groups is 1. The van der Waals surface area contributed by atoms with Crippen molar-refractivity contribution in [1.82, 2.24) is 4.90 Å². The summed E-state index contributed by atoms with van der Waals surface area (Å²) >= 11 is 5.92. The Hall–Kier alpha value is -2.24. The van der Waals surface area contributed by atoms with E-state index >= 15 is 0 Å². The molecule has 2 rings (SSSR count). The molecule has 1 aromatic rings. The number of nitrogens with zero attached hydrogens (tertiary/aromatic N) is 2. The number of anilines is 1. The van der Waals surface area contributed by atoms with Crippen LogP contribution in [0.25, 0.3) is 0 Å². The first-order valence-electron chi connectivity index (χ1n) is 7.45. The molecule has 9 heteroatoms. The highest BCUT2D eigenvalue weighted by Gasteiger charge is 2.30. The number of rotatable bonds is 5. The number of halogens is 1. The predicted molar refractivity (Wildman–Crippen MR) is 95.2 cm³/mol.